The highest BCUT2D eigenvalue weighted by Crippen LogP contribution is 2.67. The average molecular weight is 435 g/mol. The Hall–Kier alpha value is -1.62. The molecule has 4 rings (SSSR count). The van der Waals surface area contributed by atoms with Gasteiger partial charge in [-0.05, 0) is 62.4 Å². The maximum Gasteiger partial charge on any atom is 0.331 e. The summed E-state index contributed by atoms with van der Waals surface area (Å²) in [6, 6.07) is 0. The summed E-state index contributed by atoms with van der Waals surface area (Å²) in [5, 5.41) is 0.614. The van der Waals surface area contributed by atoms with Crippen LogP contribution in [0.25, 0.3) is 0 Å². The number of esters is 2. The Kier molecular flexibility index (Phi) is 5.20. The summed E-state index contributed by atoms with van der Waals surface area (Å²) in [5.74, 6) is -0.0791. The van der Waals surface area contributed by atoms with Crippen molar-refractivity contribution in [3.63, 3.8) is 0 Å². The highest BCUT2D eigenvalue weighted by molar-refractivity contribution is 6.32. The van der Waals surface area contributed by atoms with Crippen molar-refractivity contribution in [3.05, 3.63) is 22.8 Å². The van der Waals surface area contributed by atoms with E-state index in [-0.39, 0.29) is 40.9 Å². The van der Waals surface area contributed by atoms with Crippen LogP contribution in [0.2, 0.25) is 0 Å². The Morgan fingerprint density at radius 2 is 1.93 bits per heavy atom. The van der Waals surface area contributed by atoms with Gasteiger partial charge >= 0.3 is 11.9 Å². The summed E-state index contributed by atoms with van der Waals surface area (Å²) < 4.78 is 11.4. The fourth-order valence-corrected chi connectivity index (χ4v) is 7.38. The first-order chi connectivity index (χ1) is 14.1. The van der Waals surface area contributed by atoms with E-state index in [1.807, 2.05) is 6.92 Å². The van der Waals surface area contributed by atoms with E-state index < -0.39 is 11.0 Å². The zero-order valence-corrected chi connectivity index (χ0v) is 19.0. The first-order valence-corrected chi connectivity index (χ1v) is 11.5. The van der Waals surface area contributed by atoms with Gasteiger partial charge in [-0.25, -0.2) is 4.79 Å². The minimum Gasteiger partial charge on any atom is -0.462 e. The quantitative estimate of drug-likeness (QED) is 0.598. The van der Waals surface area contributed by atoms with Crippen molar-refractivity contribution < 1.29 is 23.9 Å². The number of carbonyl (C=O) groups excluding carboxylic acids is 3. The highest BCUT2D eigenvalue weighted by Gasteiger charge is 2.68. The molecule has 0 spiro atoms. The number of Topliss-reactive ketones (excluding diaryl/α,β-unsaturated/α-hetero) is 1. The maximum absolute atomic E-state index is 12.9. The van der Waals surface area contributed by atoms with Crippen LogP contribution < -0.4 is 0 Å². The number of hydrogen-bond donors (Lipinski definition) is 0. The monoisotopic (exact) mass is 434 g/mol. The molecule has 2 saturated carbocycles. The van der Waals surface area contributed by atoms with E-state index in [0.717, 1.165) is 24.8 Å². The van der Waals surface area contributed by atoms with E-state index >= 15 is 0 Å². The van der Waals surface area contributed by atoms with Gasteiger partial charge in [0.2, 0.25) is 0 Å². The highest BCUT2D eigenvalue weighted by atomic mass is 35.5. The van der Waals surface area contributed by atoms with Crippen LogP contribution in [-0.2, 0) is 23.9 Å². The molecule has 0 radical (unpaired) electrons. The molecule has 30 heavy (non-hydrogen) atoms. The second-order valence-electron chi connectivity index (χ2n) is 9.99. The lowest BCUT2D eigenvalue weighted by Crippen LogP contribution is -2.58. The van der Waals surface area contributed by atoms with E-state index in [4.69, 9.17) is 21.1 Å². The largest absolute Gasteiger partial charge is 0.462 e. The number of fused-ring (bicyclic) bond motifs is 5. The lowest BCUT2D eigenvalue weighted by atomic mass is 9.49. The molecule has 6 heteroatoms. The summed E-state index contributed by atoms with van der Waals surface area (Å²) in [5.41, 5.74) is -0.951. The van der Waals surface area contributed by atoms with Crippen LogP contribution in [-0.4, -0.2) is 29.9 Å². The van der Waals surface area contributed by atoms with Crippen LogP contribution in [0.4, 0.5) is 0 Å². The lowest BCUT2D eigenvalue weighted by molar-refractivity contribution is -0.187. The molecule has 0 aromatic heterocycles. The number of halogens is 1. The summed E-state index contributed by atoms with van der Waals surface area (Å²) in [4.78, 5) is 37.2. The molecule has 0 unspecified atom stereocenters. The van der Waals surface area contributed by atoms with Crippen LogP contribution in [0, 0.1) is 28.6 Å². The van der Waals surface area contributed by atoms with Gasteiger partial charge in [0.15, 0.2) is 11.4 Å². The summed E-state index contributed by atoms with van der Waals surface area (Å²) in [6.07, 6.45) is 7.67. The van der Waals surface area contributed by atoms with Gasteiger partial charge in [-0.2, -0.15) is 0 Å². The van der Waals surface area contributed by atoms with Crippen molar-refractivity contribution in [1.29, 1.82) is 0 Å². The summed E-state index contributed by atoms with van der Waals surface area (Å²) in [7, 11) is 0. The van der Waals surface area contributed by atoms with Gasteiger partial charge in [-0.1, -0.05) is 38.4 Å². The Balaban J connectivity index is 1.74. The van der Waals surface area contributed by atoms with Gasteiger partial charge in [-0.15, -0.1) is 0 Å². The number of hydrogen-bond acceptors (Lipinski definition) is 5. The van der Waals surface area contributed by atoms with Gasteiger partial charge < -0.3 is 9.47 Å². The zero-order valence-electron chi connectivity index (χ0n) is 18.3. The first-order valence-electron chi connectivity index (χ1n) is 11.1. The molecule has 2 fully saturated rings. The molecular formula is C24H31ClO5. The van der Waals surface area contributed by atoms with Crippen molar-refractivity contribution in [2.75, 3.05) is 6.61 Å². The Morgan fingerprint density at radius 1 is 1.23 bits per heavy atom. The van der Waals surface area contributed by atoms with Crippen LogP contribution in [0.15, 0.2) is 22.8 Å². The molecule has 0 aromatic rings. The zero-order chi connectivity index (χ0) is 21.9. The second kappa shape index (κ2) is 7.22. The molecule has 4 aliphatic rings. The lowest BCUT2D eigenvalue weighted by Gasteiger charge is -2.57. The van der Waals surface area contributed by atoms with Gasteiger partial charge in [0.25, 0.3) is 0 Å². The number of cyclic esters (lactones) is 1. The number of ketones is 1. The van der Waals surface area contributed by atoms with Crippen molar-refractivity contribution >= 4 is 29.3 Å². The molecular weight excluding hydrogens is 404 g/mol. The van der Waals surface area contributed by atoms with Gasteiger partial charge in [0.1, 0.15) is 6.61 Å². The van der Waals surface area contributed by atoms with Crippen LogP contribution in [0.3, 0.4) is 0 Å². The molecule has 0 bridgehead atoms. The normalized spacial score (nSPS) is 42.2. The predicted octanol–water partition coefficient (Wildman–Crippen LogP) is 4.73. The van der Waals surface area contributed by atoms with Crippen molar-refractivity contribution in [2.45, 2.75) is 71.8 Å². The molecule has 1 heterocycles. The number of carbonyl (C=O) groups is 3. The Labute approximate surface area is 183 Å². The van der Waals surface area contributed by atoms with E-state index in [9.17, 15) is 14.4 Å². The van der Waals surface area contributed by atoms with Gasteiger partial charge in [0.05, 0.1) is 0 Å². The third kappa shape index (κ3) is 2.84. The fraction of sp³-hybridized carbons (Fsp3) is 0.708. The molecule has 0 saturated heterocycles. The third-order valence-electron chi connectivity index (χ3n) is 8.57. The Morgan fingerprint density at radius 3 is 2.60 bits per heavy atom. The number of ether oxygens (including phenoxy) is 2. The third-order valence-corrected chi connectivity index (χ3v) is 8.90. The topological polar surface area (TPSA) is 69.7 Å². The predicted molar refractivity (Wildman–Crippen MR) is 113 cm³/mol. The second-order valence-corrected chi connectivity index (χ2v) is 10.4. The van der Waals surface area contributed by atoms with E-state index in [1.165, 1.54) is 6.08 Å². The van der Waals surface area contributed by atoms with E-state index in [0.29, 0.717) is 30.9 Å². The first kappa shape index (κ1) is 21.6. The summed E-state index contributed by atoms with van der Waals surface area (Å²) in [6.45, 7) is 8.08. The van der Waals surface area contributed by atoms with Gasteiger partial charge in [-0.3, -0.25) is 9.59 Å². The molecule has 1 aliphatic heterocycles. The molecule has 3 aliphatic carbocycles. The number of allylic oxidation sites excluding steroid dienone is 2. The van der Waals surface area contributed by atoms with E-state index in [1.54, 1.807) is 6.92 Å². The van der Waals surface area contributed by atoms with Crippen LogP contribution in [0.1, 0.15) is 66.2 Å². The fourth-order valence-electron chi connectivity index (χ4n) is 6.97. The molecule has 6 atom stereocenters. The average Bonchev–Trinajstić information content (AvgIpc) is 2.97. The molecule has 5 nitrogen and oxygen atoms in total. The maximum atomic E-state index is 12.9. The van der Waals surface area contributed by atoms with Gasteiger partial charge in [0, 0.05) is 28.4 Å². The standard InChI is InChI=1S/C24H31ClO5/c1-5-6-20(27)30-24(14(2)26)10-8-17-15-11-19(25)18-12-21(28)29-13-22(18,3)16(15)7-9-23(17,24)4/h11-12,15-17H,5-10,13H2,1-4H3/t15-,16+,17+,22-,23+,24+/m1/s1. The van der Waals surface area contributed by atoms with Crippen LogP contribution >= 0.6 is 11.6 Å². The minimum absolute atomic E-state index is 0.0558. The summed E-state index contributed by atoms with van der Waals surface area (Å²) >= 11 is 6.69. The van der Waals surface area contributed by atoms with Crippen molar-refractivity contribution in [1.82, 2.24) is 0 Å². The van der Waals surface area contributed by atoms with Crippen LogP contribution in [0.5, 0.6) is 0 Å². The molecule has 164 valence electrons. The van der Waals surface area contributed by atoms with Crippen molar-refractivity contribution in [3.8, 4) is 0 Å². The van der Waals surface area contributed by atoms with Crippen molar-refractivity contribution in [2.24, 2.45) is 28.6 Å². The molecule has 0 aromatic carbocycles. The Bertz CT molecular complexity index is 860. The van der Waals surface area contributed by atoms with E-state index in [2.05, 4.69) is 19.9 Å². The smallest absolute Gasteiger partial charge is 0.331 e. The SMILES string of the molecule is CCCC(=O)O[C@]1(C(C)=O)CC[C@H]2[C@@H]3C=C(Cl)C4=CC(=O)OC[C@]4(C)[C@H]3CC[C@@]21C. The minimum atomic E-state index is -1.06. The molecule has 0 amide bonds. The number of rotatable bonds is 4. The molecule has 0 N–H and O–H groups in total.